The van der Waals surface area contributed by atoms with Crippen molar-refractivity contribution < 1.29 is 28.8 Å². The molecule has 2 rings (SSSR count). The maximum atomic E-state index is 13.8. The highest BCUT2D eigenvalue weighted by molar-refractivity contribution is 5.96. The molecule has 0 bridgehead atoms. The van der Waals surface area contributed by atoms with Crippen molar-refractivity contribution in [1.29, 1.82) is 0 Å². The Hall–Kier alpha value is -3.53. The van der Waals surface area contributed by atoms with Crippen molar-refractivity contribution in [1.82, 2.24) is 4.90 Å². The first-order chi connectivity index (χ1) is 16.2. The predicted octanol–water partition coefficient (Wildman–Crippen LogP) is 3.57. The van der Waals surface area contributed by atoms with Crippen molar-refractivity contribution in [3.05, 3.63) is 63.0 Å². The average Bonchev–Trinajstić information content (AvgIpc) is 2.76. The topological polar surface area (TPSA) is 142 Å². The highest BCUT2D eigenvalue weighted by Gasteiger charge is 2.43. The van der Waals surface area contributed by atoms with Crippen LogP contribution in [0, 0.1) is 15.5 Å². The van der Waals surface area contributed by atoms with Crippen LogP contribution in [-0.2, 0) is 23.9 Å². The van der Waals surface area contributed by atoms with Gasteiger partial charge in [0.2, 0.25) is 5.91 Å². The second kappa shape index (κ2) is 10.4. The minimum Gasteiger partial charge on any atom is -0.466 e. The first-order valence-electron chi connectivity index (χ1n) is 11.1. The number of carbonyl (C=O) groups excluding carboxylic acids is 3. The van der Waals surface area contributed by atoms with Gasteiger partial charge in [0.05, 0.1) is 29.4 Å². The first-order valence-corrected chi connectivity index (χ1v) is 11.1. The number of ether oxygens (including phenoxy) is 2. The SMILES string of the molecule is COC(=O)C1=C(C)N(C(=O)C(C)(CN)CC(=O)OC(C)(C)C)C(C)=CC1c1ccccc1[N+](=O)[O-]. The van der Waals surface area contributed by atoms with Gasteiger partial charge in [0.15, 0.2) is 0 Å². The molecule has 0 spiro atoms. The molecule has 2 atom stereocenters. The number of esters is 2. The summed E-state index contributed by atoms with van der Waals surface area (Å²) in [6.07, 6.45) is 1.34. The second-order valence-electron chi connectivity index (χ2n) is 9.76. The van der Waals surface area contributed by atoms with Gasteiger partial charge in [-0.1, -0.05) is 24.3 Å². The molecular formula is C25H33N3O7. The van der Waals surface area contributed by atoms with E-state index in [1.807, 2.05) is 0 Å². The van der Waals surface area contributed by atoms with Crippen LogP contribution in [0.25, 0.3) is 0 Å². The molecule has 1 aliphatic rings. The zero-order chi connectivity index (χ0) is 26.7. The number of rotatable bonds is 7. The van der Waals surface area contributed by atoms with Crippen molar-refractivity contribution in [2.24, 2.45) is 11.1 Å². The van der Waals surface area contributed by atoms with E-state index < -0.39 is 39.7 Å². The summed E-state index contributed by atoms with van der Waals surface area (Å²) in [5, 5.41) is 11.6. The van der Waals surface area contributed by atoms with E-state index in [1.165, 1.54) is 24.1 Å². The molecule has 0 aromatic heterocycles. The van der Waals surface area contributed by atoms with E-state index in [0.717, 1.165) is 0 Å². The van der Waals surface area contributed by atoms with Crippen LogP contribution in [0.1, 0.15) is 59.4 Å². The summed E-state index contributed by atoms with van der Waals surface area (Å²) in [4.78, 5) is 51.6. The van der Waals surface area contributed by atoms with Crippen LogP contribution in [0.2, 0.25) is 0 Å². The van der Waals surface area contributed by atoms with Crippen LogP contribution >= 0.6 is 0 Å². The minimum atomic E-state index is -1.33. The zero-order valence-corrected chi connectivity index (χ0v) is 21.2. The van der Waals surface area contributed by atoms with Gasteiger partial charge in [-0.3, -0.25) is 24.6 Å². The van der Waals surface area contributed by atoms with Crippen molar-refractivity contribution in [2.75, 3.05) is 13.7 Å². The molecule has 35 heavy (non-hydrogen) atoms. The predicted molar refractivity (Wildman–Crippen MR) is 129 cm³/mol. The Morgan fingerprint density at radius 1 is 1.14 bits per heavy atom. The van der Waals surface area contributed by atoms with Gasteiger partial charge >= 0.3 is 11.9 Å². The Balaban J connectivity index is 2.59. The molecule has 190 valence electrons. The van der Waals surface area contributed by atoms with E-state index >= 15 is 0 Å². The molecular weight excluding hydrogens is 454 g/mol. The van der Waals surface area contributed by atoms with E-state index in [1.54, 1.807) is 59.8 Å². The molecule has 0 aliphatic carbocycles. The van der Waals surface area contributed by atoms with Gasteiger partial charge in [-0.15, -0.1) is 0 Å². The molecule has 10 heteroatoms. The van der Waals surface area contributed by atoms with Gasteiger partial charge in [-0.25, -0.2) is 4.79 Å². The number of nitrogens with zero attached hydrogens (tertiary/aromatic N) is 2. The summed E-state index contributed by atoms with van der Waals surface area (Å²) in [7, 11) is 1.20. The Labute approximate surface area is 204 Å². The molecule has 1 aliphatic heterocycles. The first kappa shape index (κ1) is 27.7. The Kier molecular flexibility index (Phi) is 8.23. The number of amides is 1. The van der Waals surface area contributed by atoms with Crippen molar-refractivity contribution in [3.63, 3.8) is 0 Å². The Morgan fingerprint density at radius 3 is 2.26 bits per heavy atom. The quantitative estimate of drug-likeness (QED) is 0.349. The number of nitro groups is 1. The van der Waals surface area contributed by atoms with E-state index in [-0.39, 0.29) is 29.9 Å². The Morgan fingerprint density at radius 2 is 1.74 bits per heavy atom. The Bertz CT molecular complexity index is 1100. The van der Waals surface area contributed by atoms with Gasteiger partial charge in [0, 0.05) is 35.5 Å². The number of nitro benzene ring substituents is 1. The summed E-state index contributed by atoms with van der Waals surface area (Å²) in [6, 6.07) is 6.09. The largest absolute Gasteiger partial charge is 0.466 e. The van der Waals surface area contributed by atoms with Crippen LogP contribution in [-0.4, -0.2) is 46.9 Å². The van der Waals surface area contributed by atoms with Crippen LogP contribution in [0.3, 0.4) is 0 Å². The number of allylic oxidation sites excluding steroid dienone is 3. The van der Waals surface area contributed by atoms with Gasteiger partial charge < -0.3 is 15.2 Å². The number of para-hydroxylation sites is 1. The minimum absolute atomic E-state index is 0.0809. The fourth-order valence-corrected chi connectivity index (χ4v) is 4.07. The summed E-state index contributed by atoms with van der Waals surface area (Å²) in [5.74, 6) is -2.62. The van der Waals surface area contributed by atoms with Crippen molar-refractivity contribution >= 4 is 23.5 Å². The third-order valence-electron chi connectivity index (χ3n) is 5.80. The number of carbonyl (C=O) groups is 3. The lowest BCUT2D eigenvalue weighted by molar-refractivity contribution is -0.385. The molecule has 2 unspecified atom stereocenters. The summed E-state index contributed by atoms with van der Waals surface area (Å²) < 4.78 is 10.4. The molecule has 1 amide bonds. The highest BCUT2D eigenvalue weighted by Crippen LogP contribution is 2.42. The number of nitrogens with two attached hydrogens (primary N) is 1. The molecule has 2 N–H and O–H groups in total. The molecule has 0 saturated heterocycles. The number of hydrogen-bond donors (Lipinski definition) is 1. The summed E-state index contributed by atoms with van der Waals surface area (Å²) in [5.41, 5.74) is 4.78. The number of methoxy groups -OCH3 is 1. The number of benzene rings is 1. The monoisotopic (exact) mass is 487 g/mol. The number of hydrogen-bond acceptors (Lipinski definition) is 8. The molecule has 10 nitrogen and oxygen atoms in total. The van der Waals surface area contributed by atoms with Crippen LogP contribution in [0.4, 0.5) is 5.69 Å². The van der Waals surface area contributed by atoms with Crippen LogP contribution in [0.5, 0.6) is 0 Å². The van der Waals surface area contributed by atoms with Gasteiger partial charge in [0.25, 0.3) is 5.69 Å². The maximum absolute atomic E-state index is 13.8. The van der Waals surface area contributed by atoms with Crippen molar-refractivity contribution in [2.45, 2.75) is 59.5 Å². The molecule has 0 fully saturated rings. The van der Waals surface area contributed by atoms with Gasteiger partial charge in [0.1, 0.15) is 5.60 Å². The second-order valence-corrected chi connectivity index (χ2v) is 9.76. The fourth-order valence-electron chi connectivity index (χ4n) is 4.07. The van der Waals surface area contributed by atoms with Crippen molar-refractivity contribution in [3.8, 4) is 0 Å². The lowest BCUT2D eigenvalue weighted by atomic mass is 9.81. The summed E-state index contributed by atoms with van der Waals surface area (Å²) >= 11 is 0. The average molecular weight is 488 g/mol. The lowest BCUT2D eigenvalue weighted by Crippen LogP contribution is -2.48. The van der Waals surface area contributed by atoms with Gasteiger partial charge in [-0.05, 0) is 41.5 Å². The smallest absolute Gasteiger partial charge is 0.336 e. The molecule has 1 aromatic carbocycles. The van der Waals surface area contributed by atoms with E-state index in [2.05, 4.69) is 0 Å². The molecule has 0 radical (unpaired) electrons. The van der Waals surface area contributed by atoms with Gasteiger partial charge in [-0.2, -0.15) is 0 Å². The fraction of sp³-hybridized carbons (Fsp3) is 0.480. The normalized spacial score (nSPS) is 17.9. The van der Waals surface area contributed by atoms with E-state index in [4.69, 9.17) is 15.2 Å². The third-order valence-corrected chi connectivity index (χ3v) is 5.80. The summed E-state index contributed by atoms with van der Waals surface area (Å²) in [6.45, 7) is 9.80. The maximum Gasteiger partial charge on any atom is 0.336 e. The van der Waals surface area contributed by atoms with E-state index in [0.29, 0.717) is 11.3 Å². The van der Waals surface area contributed by atoms with Crippen LogP contribution < -0.4 is 5.73 Å². The third kappa shape index (κ3) is 5.94. The lowest BCUT2D eigenvalue weighted by Gasteiger charge is -2.38. The van der Waals surface area contributed by atoms with Crippen LogP contribution in [0.15, 0.2) is 47.3 Å². The standard InChI is InChI=1S/C25H33N3O7/c1-15-12-18(17-10-8-9-11-19(17)28(32)33)21(22(30)34-7)16(2)27(15)23(31)25(6,14-26)13-20(29)35-24(3,4)5/h8-12,18H,13-14,26H2,1-7H3. The zero-order valence-electron chi connectivity index (χ0n) is 21.2. The van der Waals surface area contributed by atoms with E-state index in [9.17, 15) is 24.5 Å². The molecule has 0 saturated carbocycles. The highest BCUT2D eigenvalue weighted by atomic mass is 16.6. The molecule has 1 heterocycles. The molecule has 1 aromatic rings.